The van der Waals surface area contributed by atoms with Gasteiger partial charge in [-0.3, -0.25) is 4.79 Å². The molecule has 0 saturated carbocycles. The maximum Gasteiger partial charge on any atom is 0.256 e. The zero-order valence-electron chi connectivity index (χ0n) is 9.47. The van der Waals surface area contributed by atoms with E-state index in [0.29, 0.717) is 11.3 Å². The number of amides is 1. The largest absolute Gasteiger partial charge is 0.466 e. The van der Waals surface area contributed by atoms with Crippen molar-refractivity contribution in [2.75, 3.05) is 0 Å². The first-order chi connectivity index (χ1) is 6.97. The van der Waals surface area contributed by atoms with Gasteiger partial charge >= 0.3 is 0 Å². The van der Waals surface area contributed by atoms with Crippen LogP contribution >= 0.6 is 0 Å². The molecule has 0 aromatic carbocycles. The molecule has 1 heterocycles. The number of furan rings is 1. The van der Waals surface area contributed by atoms with Gasteiger partial charge in [-0.1, -0.05) is 5.92 Å². The Morgan fingerprint density at radius 3 is 2.40 bits per heavy atom. The van der Waals surface area contributed by atoms with Crippen molar-refractivity contribution in [3.8, 4) is 12.3 Å². The average Bonchev–Trinajstić information content (AvgIpc) is 2.41. The molecular weight excluding hydrogens is 190 g/mol. The van der Waals surface area contributed by atoms with Crippen LogP contribution in [-0.2, 0) is 0 Å². The van der Waals surface area contributed by atoms with Gasteiger partial charge in [-0.15, -0.1) is 6.42 Å². The Labute approximate surface area is 89.9 Å². The van der Waals surface area contributed by atoms with Crippen LogP contribution in [0, 0.1) is 33.1 Å². The Kier molecular flexibility index (Phi) is 3.21. The third kappa shape index (κ3) is 2.21. The lowest BCUT2D eigenvalue weighted by Gasteiger charge is -2.07. The van der Waals surface area contributed by atoms with Crippen molar-refractivity contribution in [1.29, 1.82) is 0 Å². The molecule has 1 amide bonds. The van der Waals surface area contributed by atoms with Crippen molar-refractivity contribution < 1.29 is 9.21 Å². The minimum absolute atomic E-state index is 0.174. The second kappa shape index (κ2) is 4.22. The fourth-order valence-corrected chi connectivity index (χ4v) is 1.44. The van der Waals surface area contributed by atoms with E-state index in [9.17, 15) is 4.79 Å². The third-order valence-electron chi connectivity index (χ3n) is 2.39. The van der Waals surface area contributed by atoms with Gasteiger partial charge in [0.25, 0.3) is 5.91 Å². The standard InChI is InChI=1S/C12H15NO2/c1-6-7(2)13-12(14)11-8(3)9(4)15-10(11)5/h1,7H,2-5H3,(H,13,14). The first-order valence-corrected chi connectivity index (χ1v) is 4.81. The van der Waals surface area contributed by atoms with Crippen LogP contribution in [-0.4, -0.2) is 11.9 Å². The maximum absolute atomic E-state index is 11.8. The molecule has 1 N–H and O–H groups in total. The quantitative estimate of drug-likeness (QED) is 0.750. The molecule has 1 rings (SSSR count). The molecule has 3 nitrogen and oxygen atoms in total. The van der Waals surface area contributed by atoms with E-state index < -0.39 is 0 Å². The van der Waals surface area contributed by atoms with Gasteiger partial charge in [-0.2, -0.15) is 0 Å². The van der Waals surface area contributed by atoms with E-state index in [-0.39, 0.29) is 11.9 Å². The number of terminal acetylenes is 1. The lowest BCUT2D eigenvalue weighted by Crippen LogP contribution is -2.31. The zero-order valence-corrected chi connectivity index (χ0v) is 9.47. The van der Waals surface area contributed by atoms with Gasteiger partial charge in [-0.25, -0.2) is 0 Å². The zero-order chi connectivity index (χ0) is 11.6. The highest BCUT2D eigenvalue weighted by molar-refractivity contribution is 5.97. The third-order valence-corrected chi connectivity index (χ3v) is 2.39. The summed E-state index contributed by atoms with van der Waals surface area (Å²) in [5, 5.41) is 2.71. The molecule has 1 aromatic rings. The van der Waals surface area contributed by atoms with Gasteiger partial charge in [0.05, 0.1) is 11.6 Å². The average molecular weight is 205 g/mol. The van der Waals surface area contributed by atoms with E-state index in [0.717, 1.165) is 11.3 Å². The minimum Gasteiger partial charge on any atom is -0.466 e. The van der Waals surface area contributed by atoms with Crippen LogP contribution < -0.4 is 5.32 Å². The van der Waals surface area contributed by atoms with Gasteiger partial charge in [0, 0.05) is 5.56 Å². The summed E-state index contributed by atoms with van der Waals surface area (Å²) in [5.41, 5.74) is 1.46. The van der Waals surface area contributed by atoms with Crippen molar-refractivity contribution in [1.82, 2.24) is 5.32 Å². The van der Waals surface area contributed by atoms with Crippen LogP contribution in [0.15, 0.2) is 4.42 Å². The van der Waals surface area contributed by atoms with E-state index in [4.69, 9.17) is 10.8 Å². The number of aryl methyl sites for hydroxylation is 2. The lowest BCUT2D eigenvalue weighted by atomic mass is 10.1. The van der Waals surface area contributed by atoms with Crippen LogP contribution in [0.1, 0.15) is 34.4 Å². The molecule has 80 valence electrons. The first kappa shape index (κ1) is 11.4. The molecule has 1 aromatic heterocycles. The maximum atomic E-state index is 11.8. The van der Waals surface area contributed by atoms with Gasteiger partial charge < -0.3 is 9.73 Å². The summed E-state index contributed by atoms with van der Waals surface area (Å²) in [7, 11) is 0. The fourth-order valence-electron chi connectivity index (χ4n) is 1.44. The van der Waals surface area contributed by atoms with E-state index in [1.807, 2.05) is 13.8 Å². The van der Waals surface area contributed by atoms with E-state index >= 15 is 0 Å². The van der Waals surface area contributed by atoms with Crippen LogP contribution in [0.4, 0.5) is 0 Å². The number of nitrogens with one attached hydrogen (secondary N) is 1. The highest BCUT2D eigenvalue weighted by Crippen LogP contribution is 2.20. The first-order valence-electron chi connectivity index (χ1n) is 4.81. The number of hydrogen-bond donors (Lipinski definition) is 1. The van der Waals surface area contributed by atoms with Crippen LogP contribution in [0.25, 0.3) is 0 Å². The van der Waals surface area contributed by atoms with Crippen molar-refractivity contribution in [3.05, 3.63) is 22.6 Å². The molecule has 3 heteroatoms. The van der Waals surface area contributed by atoms with E-state index in [1.54, 1.807) is 13.8 Å². The van der Waals surface area contributed by atoms with Gasteiger partial charge in [-0.05, 0) is 27.7 Å². The second-order valence-corrected chi connectivity index (χ2v) is 3.58. The van der Waals surface area contributed by atoms with Crippen LogP contribution in [0.2, 0.25) is 0 Å². The smallest absolute Gasteiger partial charge is 0.256 e. The van der Waals surface area contributed by atoms with Crippen LogP contribution in [0.3, 0.4) is 0 Å². The van der Waals surface area contributed by atoms with Gasteiger partial charge in [0.15, 0.2) is 0 Å². The number of hydrogen-bond acceptors (Lipinski definition) is 2. The molecule has 0 aliphatic rings. The summed E-state index contributed by atoms with van der Waals surface area (Å²) in [5.74, 6) is 3.68. The Morgan fingerprint density at radius 2 is 2.00 bits per heavy atom. The summed E-state index contributed by atoms with van der Waals surface area (Å²) < 4.78 is 5.37. The molecule has 15 heavy (non-hydrogen) atoms. The second-order valence-electron chi connectivity index (χ2n) is 3.58. The topological polar surface area (TPSA) is 42.2 Å². The molecule has 0 saturated heterocycles. The Morgan fingerprint density at radius 1 is 1.40 bits per heavy atom. The monoisotopic (exact) mass is 205 g/mol. The Hall–Kier alpha value is -1.69. The Balaban J connectivity index is 2.97. The highest BCUT2D eigenvalue weighted by atomic mass is 16.3. The highest BCUT2D eigenvalue weighted by Gasteiger charge is 2.18. The molecule has 0 radical (unpaired) electrons. The molecular formula is C12H15NO2. The van der Waals surface area contributed by atoms with Crippen molar-refractivity contribution in [2.45, 2.75) is 33.7 Å². The molecule has 0 bridgehead atoms. The SMILES string of the molecule is C#CC(C)NC(=O)c1c(C)oc(C)c1C. The van der Waals surface area contributed by atoms with E-state index in [2.05, 4.69) is 11.2 Å². The van der Waals surface area contributed by atoms with Crippen LogP contribution in [0.5, 0.6) is 0 Å². The molecule has 0 spiro atoms. The summed E-state index contributed by atoms with van der Waals surface area (Å²) in [4.78, 5) is 11.8. The number of rotatable bonds is 2. The predicted molar refractivity (Wildman–Crippen MR) is 58.7 cm³/mol. The lowest BCUT2D eigenvalue weighted by molar-refractivity contribution is 0.0946. The van der Waals surface area contributed by atoms with Gasteiger partial charge in [0.2, 0.25) is 0 Å². The molecule has 0 fully saturated rings. The molecule has 1 atom stereocenters. The minimum atomic E-state index is -0.272. The predicted octanol–water partition coefficient (Wildman–Crippen LogP) is 1.96. The summed E-state index contributed by atoms with van der Waals surface area (Å²) in [6.07, 6.45) is 5.19. The number of carbonyl (C=O) groups is 1. The summed E-state index contributed by atoms with van der Waals surface area (Å²) in [6, 6.07) is -0.272. The van der Waals surface area contributed by atoms with Gasteiger partial charge in [0.1, 0.15) is 11.5 Å². The van der Waals surface area contributed by atoms with E-state index in [1.165, 1.54) is 0 Å². The fraction of sp³-hybridized carbons (Fsp3) is 0.417. The van der Waals surface area contributed by atoms with Crippen molar-refractivity contribution in [2.24, 2.45) is 0 Å². The summed E-state index contributed by atoms with van der Waals surface area (Å²) >= 11 is 0. The molecule has 0 aliphatic carbocycles. The normalized spacial score (nSPS) is 11.9. The molecule has 1 unspecified atom stereocenters. The molecule has 0 aliphatic heterocycles. The van der Waals surface area contributed by atoms with Crippen molar-refractivity contribution >= 4 is 5.91 Å². The summed E-state index contributed by atoms with van der Waals surface area (Å²) in [6.45, 7) is 7.23. The van der Waals surface area contributed by atoms with Crippen molar-refractivity contribution in [3.63, 3.8) is 0 Å². The number of carbonyl (C=O) groups excluding carboxylic acids is 1. The Bertz CT molecular complexity index is 424.